The lowest BCUT2D eigenvalue weighted by Gasteiger charge is -2.26. The lowest BCUT2D eigenvalue weighted by atomic mass is 10.0. The van der Waals surface area contributed by atoms with Crippen molar-refractivity contribution in [3.8, 4) is 0 Å². The Hall–Kier alpha value is -4.96. The summed E-state index contributed by atoms with van der Waals surface area (Å²) in [5.41, 5.74) is 49.5. The molecule has 0 spiro atoms. The molecule has 0 fully saturated rings. The first-order valence-electron chi connectivity index (χ1n) is 17.4. The predicted octanol–water partition coefficient (Wildman–Crippen LogP) is -5.24. The van der Waals surface area contributed by atoms with Crippen molar-refractivity contribution in [3.63, 3.8) is 0 Å². The third-order valence-electron chi connectivity index (χ3n) is 7.60. The number of nitrogens with one attached hydrogen (secondary N) is 4. The summed E-state index contributed by atoms with van der Waals surface area (Å²) in [7, 11) is 0. The molecule has 0 saturated carbocycles. The predicted molar refractivity (Wildman–Crippen MR) is 199 cm³/mol. The summed E-state index contributed by atoms with van der Waals surface area (Å²) in [6, 6.07) is -5.73. The number of carboxylic acid groups (broad SMARTS) is 1. The number of nitrogens with two attached hydrogens (primary N) is 9. The van der Waals surface area contributed by atoms with Crippen molar-refractivity contribution < 1.29 is 29.1 Å². The van der Waals surface area contributed by atoms with E-state index >= 15 is 0 Å². The van der Waals surface area contributed by atoms with Gasteiger partial charge in [-0.15, -0.1) is 0 Å². The highest BCUT2D eigenvalue weighted by molar-refractivity contribution is 5.95. The molecule has 0 radical (unpaired) electrons. The minimum Gasteiger partial charge on any atom is -0.480 e. The van der Waals surface area contributed by atoms with Crippen LogP contribution in [0.2, 0.25) is 0 Å². The first-order chi connectivity index (χ1) is 24.6. The normalized spacial score (nSPS) is 13.6. The van der Waals surface area contributed by atoms with Crippen LogP contribution in [0, 0.1) is 0 Å². The quantitative estimate of drug-likeness (QED) is 0.0193. The highest BCUT2D eigenvalue weighted by atomic mass is 16.4. The molecule has 298 valence electrons. The zero-order valence-electron chi connectivity index (χ0n) is 29.9. The van der Waals surface area contributed by atoms with Crippen molar-refractivity contribution in [2.24, 2.45) is 66.6 Å². The molecule has 22 heteroatoms. The van der Waals surface area contributed by atoms with E-state index in [1.165, 1.54) is 0 Å². The van der Waals surface area contributed by atoms with Crippen LogP contribution in [0.3, 0.4) is 0 Å². The fraction of sp³-hybridized carbons (Fsp3) is 0.733. The molecule has 0 saturated heterocycles. The van der Waals surface area contributed by atoms with E-state index in [0.29, 0.717) is 45.2 Å². The molecule has 0 aromatic carbocycles. The number of aliphatic imine (C=N–C) groups is 3. The van der Waals surface area contributed by atoms with E-state index in [-0.39, 0.29) is 82.5 Å². The largest absolute Gasteiger partial charge is 0.480 e. The Morgan fingerprint density at radius 3 is 1.12 bits per heavy atom. The van der Waals surface area contributed by atoms with Gasteiger partial charge in [0.15, 0.2) is 17.9 Å². The Bertz CT molecular complexity index is 1190. The highest BCUT2D eigenvalue weighted by Crippen LogP contribution is 2.09. The van der Waals surface area contributed by atoms with E-state index in [2.05, 4.69) is 36.2 Å². The molecule has 0 rings (SSSR count). The summed E-state index contributed by atoms with van der Waals surface area (Å²) >= 11 is 0. The lowest BCUT2D eigenvalue weighted by Crippen LogP contribution is -2.58. The topological polar surface area (TPSA) is 425 Å². The van der Waals surface area contributed by atoms with Gasteiger partial charge in [-0.2, -0.15) is 0 Å². The van der Waals surface area contributed by atoms with Crippen molar-refractivity contribution >= 4 is 47.5 Å². The molecule has 0 aliphatic heterocycles. The molecule has 0 bridgehead atoms. The van der Waals surface area contributed by atoms with Gasteiger partial charge in [-0.1, -0.05) is 0 Å². The molecule has 0 aliphatic rings. The van der Waals surface area contributed by atoms with E-state index in [1.54, 1.807) is 0 Å². The standard InChI is InChI=1S/C30H62N16O6/c31-13-3-1-9-19(24(48)45-21(12-7-17-42-30(38)39)26(50)46-22(27(51)52)10-2-4-14-32)44-25(49)20(11-6-16-41-29(36)37)43-23(47)18(33)8-5-15-40-28(34)35/h18-22H,1-17,31-33H2,(H,43,47)(H,44,49)(H,45,48)(H,46,50)(H,51,52)(H4,34,35,40)(H4,36,37,41)(H4,38,39,42). The van der Waals surface area contributed by atoms with Gasteiger partial charge in [0, 0.05) is 19.6 Å². The van der Waals surface area contributed by atoms with Gasteiger partial charge in [0.2, 0.25) is 23.6 Å². The van der Waals surface area contributed by atoms with E-state index < -0.39 is 59.8 Å². The third-order valence-corrected chi connectivity index (χ3v) is 7.60. The summed E-state index contributed by atoms with van der Waals surface area (Å²) in [4.78, 5) is 77.3. The van der Waals surface area contributed by atoms with Crippen molar-refractivity contribution in [1.82, 2.24) is 21.3 Å². The number of rotatable bonds is 29. The number of carbonyl (C=O) groups is 5. The number of nitrogens with zero attached hydrogens (tertiary/aromatic N) is 3. The minimum atomic E-state index is -1.25. The van der Waals surface area contributed by atoms with Gasteiger partial charge in [-0.05, 0) is 90.1 Å². The lowest BCUT2D eigenvalue weighted by molar-refractivity contribution is -0.142. The Labute approximate surface area is 304 Å². The van der Waals surface area contributed by atoms with Crippen LogP contribution in [0.4, 0.5) is 0 Å². The molecule has 4 amide bonds. The van der Waals surface area contributed by atoms with Gasteiger partial charge in [-0.3, -0.25) is 34.2 Å². The molecular weight excluding hydrogens is 680 g/mol. The minimum absolute atomic E-state index is 0.0392. The third kappa shape index (κ3) is 22.7. The molecule has 5 atom stereocenters. The van der Waals surface area contributed by atoms with Gasteiger partial charge in [0.05, 0.1) is 6.04 Å². The zero-order chi connectivity index (χ0) is 39.5. The second-order valence-corrected chi connectivity index (χ2v) is 12.1. The van der Waals surface area contributed by atoms with Gasteiger partial charge in [0.1, 0.15) is 24.2 Å². The molecule has 0 aromatic rings. The molecule has 52 heavy (non-hydrogen) atoms. The van der Waals surface area contributed by atoms with E-state index in [9.17, 15) is 29.1 Å². The van der Waals surface area contributed by atoms with Crippen molar-refractivity contribution in [1.29, 1.82) is 0 Å². The summed E-state index contributed by atoms with van der Waals surface area (Å²) in [5, 5.41) is 20.1. The summed E-state index contributed by atoms with van der Waals surface area (Å²) < 4.78 is 0. The maximum Gasteiger partial charge on any atom is 0.326 e. The molecule has 22 nitrogen and oxygen atoms in total. The maximum absolute atomic E-state index is 13.7. The van der Waals surface area contributed by atoms with Crippen molar-refractivity contribution in [2.45, 2.75) is 107 Å². The Morgan fingerprint density at radius 2 is 0.769 bits per heavy atom. The van der Waals surface area contributed by atoms with Crippen LogP contribution < -0.4 is 72.9 Å². The Balaban J connectivity index is 6.13. The molecule has 23 N–H and O–H groups in total. The second-order valence-electron chi connectivity index (χ2n) is 12.1. The first-order valence-corrected chi connectivity index (χ1v) is 17.4. The van der Waals surface area contributed by atoms with E-state index in [1.807, 2.05) is 0 Å². The summed E-state index contributed by atoms with van der Waals surface area (Å²) in [6.45, 7) is 1.23. The van der Waals surface area contributed by atoms with Crippen LogP contribution in [-0.4, -0.2) is 116 Å². The fourth-order valence-electron chi connectivity index (χ4n) is 4.80. The number of amides is 4. The number of unbranched alkanes of at least 4 members (excludes halogenated alkanes) is 2. The van der Waals surface area contributed by atoms with Crippen LogP contribution >= 0.6 is 0 Å². The number of carbonyl (C=O) groups excluding carboxylic acids is 4. The fourth-order valence-corrected chi connectivity index (χ4v) is 4.80. The second kappa shape index (κ2) is 27.7. The number of guanidine groups is 3. The van der Waals surface area contributed by atoms with Gasteiger partial charge in [0.25, 0.3) is 0 Å². The Kier molecular flexibility index (Phi) is 25.1. The molecule has 0 heterocycles. The average molecular weight is 743 g/mol. The molecule has 0 aromatic heterocycles. The Morgan fingerprint density at radius 1 is 0.462 bits per heavy atom. The first kappa shape index (κ1) is 47.0. The average Bonchev–Trinajstić information content (AvgIpc) is 3.07. The monoisotopic (exact) mass is 743 g/mol. The summed E-state index contributed by atoms with van der Waals surface area (Å²) in [5.74, 6) is -4.43. The molecule has 0 aliphatic carbocycles. The zero-order valence-corrected chi connectivity index (χ0v) is 29.9. The summed E-state index contributed by atoms with van der Waals surface area (Å²) in [6.07, 6.45) is 3.51. The number of aliphatic carboxylic acids is 1. The van der Waals surface area contributed by atoms with Crippen LogP contribution in [-0.2, 0) is 24.0 Å². The SMILES string of the molecule is NCCCCC(NC(=O)C(CCCN=C(N)N)NC(=O)C(CCCCN)NC(=O)C(CCCN=C(N)N)NC(=O)C(N)CCCN=C(N)N)C(=O)O. The molecule has 5 unspecified atom stereocenters. The van der Waals surface area contributed by atoms with Gasteiger partial charge >= 0.3 is 5.97 Å². The smallest absolute Gasteiger partial charge is 0.326 e. The van der Waals surface area contributed by atoms with Crippen LogP contribution in [0.25, 0.3) is 0 Å². The van der Waals surface area contributed by atoms with Crippen LogP contribution in [0.15, 0.2) is 15.0 Å². The molecular formula is C30H62N16O6. The highest BCUT2D eigenvalue weighted by Gasteiger charge is 2.31. The number of carboxylic acids is 1. The number of hydrogen-bond donors (Lipinski definition) is 14. The maximum atomic E-state index is 13.7. The number of hydrogen-bond acceptors (Lipinski definition) is 11. The van der Waals surface area contributed by atoms with E-state index in [0.717, 1.165) is 0 Å². The van der Waals surface area contributed by atoms with E-state index in [4.69, 9.17) is 51.6 Å². The van der Waals surface area contributed by atoms with Gasteiger partial charge in [-0.25, -0.2) is 4.79 Å². The van der Waals surface area contributed by atoms with Crippen LogP contribution in [0.5, 0.6) is 0 Å². The van der Waals surface area contributed by atoms with Crippen LogP contribution in [0.1, 0.15) is 77.0 Å². The van der Waals surface area contributed by atoms with Crippen molar-refractivity contribution in [2.75, 3.05) is 32.7 Å². The van der Waals surface area contributed by atoms with Crippen molar-refractivity contribution in [3.05, 3.63) is 0 Å². The van der Waals surface area contributed by atoms with Gasteiger partial charge < -0.3 is 78.0 Å².